The summed E-state index contributed by atoms with van der Waals surface area (Å²) in [5.41, 5.74) is 3.00. The predicted octanol–water partition coefficient (Wildman–Crippen LogP) is 4.55. The van der Waals surface area contributed by atoms with Gasteiger partial charge in [-0.3, -0.25) is 4.79 Å². The summed E-state index contributed by atoms with van der Waals surface area (Å²) in [5.74, 6) is 0.179. The maximum absolute atomic E-state index is 10.7. The molecule has 21 heavy (non-hydrogen) atoms. The van der Waals surface area contributed by atoms with Gasteiger partial charge in [-0.2, -0.15) is 0 Å². The number of hydrogen-bond donors (Lipinski definition) is 1. The van der Waals surface area contributed by atoms with Crippen LogP contribution < -0.4 is 0 Å². The zero-order chi connectivity index (χ0) is 14.9. The third kappa shape index (κ3) is 5.42. The summed E-state index contributed by atoms with van der Waals surface area (Å²) in [6.45, 7) is 0. The van der Waals surface area contributed by atoms with E-state index >= 15 is 0 Å². The Labute approximate surface area is 126 Å². The highest BCUT2D eigenvalue weighted by Crippen LogP contribution is 2.17. The first-order valence-electron chi connectivity index (χ1n) is 7.60. The first-order valence-corrected chi connectivity index (χ1v) is 7.60. The molecule has 1 N–H and O–H groups in total. The minimum Gasteiger partial charge on any atom is -0.508 e. The Kier molecular flexibility index (Phi) is 6.01. The highest BCUT2D eigenvalue weighted by atomic mass is 16.3. The first kappa shape index (κ1) is 15.3. The average molecular weight is 282 g/mol. The summed E-state index contributed by atoms with van der Waals surface area (Å²) in [6, 6.07) is 15.7. The fourth-order valence-corrected chi connectivity index (χ4v) is 2.57. The number of phenolic OH excluding ortho intramolecular Hbond substituents is 1. The molecule has 0 spiro atoms. The summed E-state index contributed by atoms with van der Waals surface area (Å²) in [7, 11) is 0. The lowest BCUT2D eigenvalue weighted by Gasteiger charge is -2.04. The average Bonchev–Trinajstić information content (AvgIpc) is 2.51. The summed E-state index contributed by atoms with van der Waals surface area (Å²) < 4.78 is 0. The van der Waals surface area contributed by atoms with Gasteiger partial charge in [0, 0.05) is 5.56 Å². The van der Waals surface area contributed by atoms with Gasteiger partial charge in [0.1, 0.15) is 12.0 Å². The van der Waals surface area contributed by atoms with Crippen LogP contribution in [0, 0.1) is 0 Å². The quantitative estimate of drug-likeness (QED) is 0.569. The predicted molar refractivity (Wildman–Crippen MR) is 85.8 cm³/mol. The van der Waals surface area contributed by atoms with E-state index < -0.39 is 0 Å². The van der Waals surface area contributed by atoms with Crippen LogP contribution in [0.2, 0.25) is 0 Å². The number of hydrogen-bond acceptors (Lipinski definition) is 2. The van der Waals surface area contributed by atoms with Crippen molar-refractivity contribution in [2.24, 2.45) is 0 Å². The molecule has 0 amide bonds. The fourth-order valence-electron chi connectivity index (χ4n) is 2.57. The van der Waals surface area contributed by atoms with Crippen LogP contribution in [-0.4, -0.2) is 11.4 Å². The van der Waals surface area contributed by atoms with Crippen LogP contribution in [0.3, 0.4) is 0 Å². The Morgan fingerprint density at radius 2 is 1.48 bits per heavy atom. The first-order chi connectivity index (χ1) is 10.3. The number of benzene rings is 2. The van der Waals surface area contributed by atoms with Crippen LogP contribution >= 0.6 is 0 Å². The molecular weight excluding hydrogens is 260 g/mol. The minimum atomic E-state index is 0.179. The van der Waals surface area contributed by atoms with Gasteiger partial charge in [0.05, 0.1) is 0 Å². The molecule has 0 aliphatic heterocycles. The van der Waals surface area contributed by atoms with Crippen molar-refractivity contribution in [2.75, 3.05) is 0 Å². The molecule has 110 valence electrons. The van der Waals surface area contributed by atoms with Crippen molar-refractivity contribution < 1.29 is 9.90 Å². The number of carbonyl (C=O) groups is 1. The van der Waals surface area contributed by atoms with Crippen LogP contribution in [0.5, 0.6) is 5.75 Å². The monoisotopic (exact) mass is 282 g/mol. The number of aryl methyl sites for hydroxylation is 2. The molecule has 0 aromatic heterocycles. The Morgan fingerprint density at radius 1 is 0.810 bits per heavy atom. The van der Waals surface area contributed by atoms with Crippen LogP contribution in [0.1, 0.15) is 47.2 Å². The lowest BCUT2D eigenvalue weighted by atomic mass is 10.0. The van der Waals surface area contributed by atoms with E-state index in [1.54, 1.807) is 6.07 Å². The molecule has 2 nitrogen and oxygen atoms in total. The summed E-state index contributed by atoms with van der Waals surface area (Å²) >= 11 is 0. The lowest BCUT2D eigenvalue weighted by Crippen LogP contribution is -1.90. The molecule has 0 fully saturated rings. The van der Waals surface area contributed by atoms with Crippen molar-refractivity contribution in [3.05, 3.63) is 65.2 Å². The summed E-state index contributed by atoms with van der Waals surface area (Å²) in [6.07, 6.45) is 7.54. The zero-order valence-electron chi connectivity index (χ0n) is 12.3. The van der Waals surface area contributed by atoms with Gasteiger partial charge < -0.3 is 5.11 Å². The van der Waals surface area contributed by atoms with E-state index in [2.05, 4.69) is 24.3 Å². The van der Waals surface area contributed by atoms with Crippen LogP contribution in [0.4, 0.5) is 0 Å². The molecule has 2 aromatic carbocycles. The Morgan fingerprint density at radius 3 is 2.14 bits per heavy atom. The van der Waals surface area contributed by atoms with E-state index in [9.17, 15) is 9.90 Å². The van der Waals surface area contributed by atoms with Crippen LogP contribution in [-0.2, 0) is 12.8 Å². The van der Waals surface area contributed by atoms with Crippen molar-refractivity contribution >= 4 is 6.29 Å². The normalized spacial score (nSPS) is 10.5. The van der Waals surface area contributed by atoms with E-state index in [0.717, 1.165) is 31.1 Å². The van der Waals surface area contributed by atoms with Gasteiger partial charge in [0.15, 0.2) is 0 Å². The van der Waals surface area contributed by atoms with E-state index in [-0.39, 0.29) is 5.75 Å². The Hall–Kier alpha value is -2.09. The molecule has 0 aliphatic rings. The second kappa shape index (κ2) is 8.25. The molecule has 0 aliphatic carbocycles. The Balaban J connectivity index is 1.66. The van der Waals surface area contributed by atoms with Gasteiger partial charge in [-0.05, 0) is 55.0 Å². The minimum absolute atomic E-state index is 0.179. The fraction of sp³-hybridized carbons (Fsp3) is 0.316. The number of unbranched alkanes of at least 4 members (excludes halogenated alkanes) is 3. The lowest BCUT2D eigenvalue weighted by molar-refractivity contribution is 0.112. The second-order valence-corrected chi connectivity index (χ2v) is 5.45. The highest BCUT2D eigenvalue weighted by Gasteiger charge is 2.00. The van der Waals surface area contributed by atoms with Gasteiger partial charge in [-0.25, -0.2) is 0 Å². The largest absolute Gasteiger partial charge is 0.508 e. The molecule has 0 saturated carbocycles. The van der Waals surface area contributed by atoms with Gasteiger partial charge in [-0.1, -0.05) is 43.2 Å². The SMILES string of the molecule is O=Cc1cc(O)cc(CCCCCCc2ccccc2)c1. The number of aromatic hydroxyl groups is 1. The van der Waals surface area contributed by atoms with Crippen molar-refractivity contribution in [1.29, 1.82) is 0 Å². The van der Waals surface area contributed by atoms with Crippen molar-refractivity contribution in [1.82, 2.24) is 0 Å². The van der Waals surface area contributed by atoms with E-state index in [0.29, 0.717) is 5.56 Å². The second-order valence-electron chi connectivity index (χ2n) is 5.45. The molecule has 0 radical (unpaired) electrons. The molecule has 0 heterocycles. The molecule has 0 bridgehead atoms. The van der Waals surface area contributed by atoms with Crippen LogP contribution in [0.15, 0.2) is 48.5 Å². The summed E-state index contributed by atoms with van der Waals surface area (Å²) in [5, 5.41) is 9.53. The smallest absolute Gasteiger partial charge is 0.150 e. The van der Waals surface area contributed by atoms with Crippen molar-refractivity contribution in [2.45, 2.75) is 38.5 Å². The molecule has 2 aromatic rings. The number of carbonyl (C=O) groups excluding carboxylic acids is 1. The maximum atomic E-state index is 10.7. The Bertz CT molecular complexity index is 561. The third-order valence-corrected chi connectivity index (χ3v) is 3.66. The maximum Gasteiger partial charge on any atom is 0.150 e. The van der Waals surface area contributed by atoms with Gasteiger partial charge in [0.2, 0.25) is 0 Å². The standard InChI is InChI=1S/C19H22O2/c20-15-18-12-17(13-19(21)14-18)11-5-2-1-4-8-16-9-6-3-7-10-16/h3,6-7,9-10,12-15,21H,1-2,4-5,8,11H2. The molecule has 0 unspecified atom stereocenters. The number of aldehydes is 1. The van der Waals surface area contributed by atoms with Crippen molar-refractivity contribution in [3.63, 3.8) is 0 Å². The number of rotatable bonds is 8. The highest BCUT2D eigenvalue weighted by molar-refractivity contribution is 5.75. The van der Waals surface area contributed by atoms with Gasteiger partial charge in [-0.15, -0.1) is 0 Å². The van der Waals surface area contributed by atoms with Gasteiger partial charge in [0.25, 0.3) is 0 Å². The molecule has 0 saturated heterocycles. The van der Waals surface area contributed by atoms with E-state index in [4.69, 9.17) is 0 Å². The van der Waals surface area contributed by atoms with E-state index in [1.807, 2.05) is 12.1 Å². The molecule has 0 atom stereocenters. The van der Waals surface area contributed by atoms with Gasteiger partial charge >= 0.3 is 0 Å². The van der Waals surface area contributed by atoms with Crippen molar-refractivity contribution in [3.8, 4) is 5.75 Å². The summed E-state index contributed by atoms with van der Waals surface area (Å²) in [4.78, 5) is 10.7. The number of phenols is 1. The van der Waals surface area contributed by atoms with E-state index in [1.165, 1.54) is 30.9 Å². The van der Waals surface area contributed by atoms with Crippen LogP contribution in [0.25, 0.3) is 0 Å². The molecule has 2 rings (SSSR count). The molecule has 2 heteroatoms. The third-order valence-electron chi connectivity index (χ3n) is 3.66. The molecular formula is C19H22O2. The topological polar surface area (TPSA) is 37.3 Å². The zero-order valence-corrected chi connectivity index (χ0v) is 12.3.